The van der Waals surface area contributed by atoms with Crippen molar-refractivity contribution in [3.8, 4) is 0 Å². The minimum atomic E-state index is -3.39. The molecule has 0 unspecified atom stereocenters. The first-order valence-electron chi connectivity index (χ1n) is 10.7. The van der Waals surface area contributed by atoms with Gasteiger partial charge in [-0.05, 0) is 42.8 Å². The molecule has 0 spiro atoms. The van der Waals surface area contributed by atoms with Gasteiger partial charge in [-0.1, -0.05) is 37.3 Å². The zero-order chi connectivity index (χ0) is 22.3. The topological polar surface area (TPSA) is 81.7 Å². The summed E-state index contributed by atoms with van der Waals surface area (Å²) in [6.45, 7) is 7.44. The molecule has 0 aromatic heterocycles. The summed E-state index contributed by atoms with van der Waals surface area (Å²) in [4.78, 5) is 17.4. The lowest BCUT2D eigenvalue weighted by Crippen LogP contribution is -2.43. The molecule has 1 amide bonds. The Kier molecular flexibility index (Phi) is 8.06. The van der Waals surface area contributed by atoms with Crippen LogP contribution >= 0.6 is 0 Å². The van der Waals surface area contributed by atoms with E-state index in [4.69, 9.17) is 0 Å². The van der Waals surface area contributed by atoms with Crippen LogP contribution in [0.2, 0.25) is 0 Å². The molecule has 168 valence electrons. The monoisotopic (exact) mass is 444 g/mol. The van der Waals surface area contributed by atoms with Crippen LogP contribution in [0.4, 0.5) is 5.69 Å². The van der Waals surface area contributed by atoms with E-state index in [9.17, 15) is 13.2 Å². The Morgan fingerprint density at radius 3 is 2.45 bits per heavy atom. The summed E-state index contributed by atoms with van der Waals surface area (Å²) in [6.07, 6.45) is 0.531. The van der Waals surface area contributed by atoms with Crippen molar-refractivity contribution >= 4 is 21.6 Å². The van der Waals surface area contributed by atoms with E-state index in [1.165, 1.54) is 5.56 Å². The van der Waals surface area contributed by atoms with Crippen molar-refractivity contribution in [2.75, 3.05) is 43.7 Å². The van der Waals surface area contributed by atoms with Crippen molar-refractivity contribution in [2.24, 2.45) is 0 Å². The maximum absolute atomic E-state index is 12.6. The quantitative estimate of drug-likeness (QED) is 0.621. The Labute approximate surface area is 185 Å². The van der Waals surface area contributed by atoms with Crippen molar-refractivity contribution in [1.29, 1.82) is 0 Å². The standard InChI is InChI=1S/C23H32N4O3S/c1-3-14-31(29,30)25-22-9-5-8-21(16-22)23(28)24-17-19-6-4-7-20(15-19)18-27-12-10-26(2)11-13-27/h4-9,15-16,25H,3,10-14,17-18H2,1-2H3,(H,24,28). The highest BCUT2D eigenvalue weighted by Gasteiger charge is 2.14. The summed E-state index contributed by atoms with van der Waals surface area (Å²) in [7, 11) is -1.24. The van der Waals surface area contributed by atoms with Gasteiger partial charge >= 0.3 is 0 Å². The fraction of sp³-hybridized carbons (Fsp3) is 0.435. The molecule has 7 nitrogen and oxygen atoms in total. The van der Waals surface area contributed by atoms with Crippen molar-refractivity contribution in [3.05, 3.63) is 65.2 Å². The Morgan fingerprint density at radius 1 is 1.00 bits per heavy atom. The normalized spacial score (nSPS) is 15.5. The van der Waals surface area contributed by atoms with Gasteiger partial charge in [0.25, 0.3) is 5.91 Å². The van der Waals surface area contributed by atoms with Gasteiger partial charge in [-0.2, -0.15) is 0 Å². The summed E-state index contributed by atoms with van der Waals surface area (Å²) in [6, 6.07) is 14.8. The van der Waals surface area contributed by atoms with Gasteiger partial charge < -0.3 is 10.2 Å². The Hall–Kier alpha value is -2.42. The van der Waals surface area contributed by atoms with E-state index in [1.54, 1.807) is 24.3 Å². The smallest absolute Gasteiger partial charge is 0.251 e. The van der Waals surface area contributed by atoms with Crippen LogP contribution < -0.4 is 10.0 Å². The van der Waals surface area contributed by atoms with Crippen LogP contribution in [0.1, 0.15) is 34.8 Å². The number of hydrogen-bond acceptors (Lipinski definition) is 5. The highest BCUT2D eigenvalue weighted by Crippen LogP contribution is 2.14. The number of benzene rings is 2. The maximum atomic E-state index is 12.6. The Bertz CT molecular complexity index is 986. The predicted octanol–water partition coefficient (Wildman–Crippen LogP) is 2.52. The fourth-order valence-corrected chi connectivity index (χ4v) is 4.74. The zero-order valence-corrected chi connectivity index (χ0v) is 19.1. The van der Waals surface area contributed by atoms with E-state index in [-0.39, 0.29) is 11.7 Å². The van der Waals surface area contributed by atoms with Crippen molar-refractivity contribution < 1.29 is 13.2 Å². The molecule has 0 radical (unpaired) electrons. The average molecular weight is 445 g/mol. The number of hydrogen-bond donors (Lipinski definition) is 2. The predicted molar refractivity (Wildman–Crippen MR) is 125 cm³/mol. The molecule has 1 heterocycles. The minimum Gasteiger partial charge on any atom is -0.348 e. The van der Waals surface area contributed by atoms with Crippen LogP contribution in [0.3, 0.4) is 0 Å². The number of amides is 1. The van der Waals surface area contributed by atoms with Crippen molar-refractivity contribution in [2.45, 2.75) is 26.4 Å². The van der Waals surface area contributed by atoms with Gasteiger partial charge in [0.1, 0.15) is 0 Å². The number of sulfonamides is 1. The highest BCUT2D eigenvalue weighted by molar-refractivity contribution is 7.92. The van der Waals surface area contributed by atoms with Crippen LogP contribution in [0.25, 0.3) is 0 Å². The second-order valence-corrected chi connectivity index (χ2v) is 9.93. The van der Waals surface area contributed by atoms with Gasteiger partial charge in [0.2, 0.25) is 10.0 Å². The second-order valence-electron chi connectivity index (χ2n) is 8.08. The molecular weight excluding hydrogens is 412 g/mol. The average Bonchev–Trinajstić information content (AvgIpc) is 2.74. The van der Waals surface area contributed by atoms with Crippen molar-refractivity contribution in [3.63, 3.8) is 0 Å². The number of carbonyl (C=O) groups is 1. The highest BCUT2D eigenvalue weighted by atomic mass is 32.2. The molecule has 0 atom stereocenters. The number of likely N-dealkylation sites (N-methyl/N-ethyl adjacent to an activating group) is 1. The molecule has 1 aliphatic rings. The van der Waals surface area contributed by atoms with Crippen molar-refractivity contribution in [1.82, 2.24) is 15.1 Å². The molecule has 0 aliphatic carbocycles. The second kappa shape index (κ2) is 10.7. The van der Waals surface area contributed by atoms with Gasteiger partial charge in [-0.25, -0.2) is 8.42 Å². The largest absolute Gasteiger partial charge is 0.348 e. The van der Waals surface area contributed by atoms with E-state index in [2.05, 4.69) is 39.0 Å². The van der Waals surface area contributed by atoms with E-state index >= 15 is 0 Å². The summed E-state index contributed by atoms with van der Waals surface area (Å²) in [5.74, 6) is -0.186. The zero-order valence-electron chi connectivity index (χ0n) is 18.3. The lowest BCUT2D eigenvalue weighted by molar-refractivity contribution is 0.0951. The molecule has 0 bridgehead atoms. The summed E-state index contributed by atoms with van der Waals surface area (Å²) in [5.41, 5.74) is 3.10. The number of carbonyl (C=O) groups excluding carboxylic acids is 1. The van der Waals surface area contributed by atoms with Crippen LogP contribution in [0.5, 0.6) is 0 Å². The Balaban J connectivity index is 1.56. The van der Waals surface area contributed by atoms with Crippen LogP contribution in [-0.4, -0.2) is 63.1 Å². The molecule has 0 saturated carbocycles. The summed E-state index contributed by atoms with van der Waals surface area (Å²) in [5, 5.41) is 2.93. The fourth-order valence-electron chi connectivity index (χ4n) is 3.61. The Morgan fingerprint density at radius 2 is 1.71 bits per heavy atom. The van der Waals surface area contributed by atoms with Gasteiger partial charge in [0.15, 0.2) is 0 Å². The summed E-state index contributed by atoms with van der Waals surface area (Å²) < 4.78 is 26.5. The molecule has 8 heteroatoms. The van der Waals surface area contributed by atoms with E-state index in [1.807, 2.05) is 19.1 Å². The molecule has 2 aromatic carbocycles. The van der Waals surface area contributed by atoms with Crippen LogP contribution in [0, 0.1) is 0 Å². The SMILES string of the molecule is CCCS(=O)(=O)Nc1cccc(C(=O)NCc2cccc(CN3CCN(C)CC3)c2)c1. The number of rotatable bonds is 9. The molecule has 3 rings (SSSR count). The number of piperazine rings is 1. The van der Waals surface area contributed by atoms with Crippen LogP contribution in [0.15, 0.2) is 48.5 Å². The number of anilines is 1. The van der Waals surface area contributed by atoms with E-state index < -0.39 is 10.0 Å². The third kappa shape index (κ3) is 7.34. The molecule has 1 fully saturated rings. The third-order valence-corrected chi connectivity index (χ3v) is 6.81. The molecule has 1 saturated heterocycles. The van der Waals surface area contributed by atoms with E-state index in [0.29, 0.717) is 24.2 Å². The van der Waals surface area contributed by atoms with Gasteiger partial charge in [-0.3, -0.25) is 14.4 Å². The number of nitrogens with zero attached hydrogens (tertiary/aromatic N) is 2. The molecular formula is C23H32N4O3S. The molecule has 2 N–H and O–H groups in total. The molecule has 1 aliphatic heterocycles. The first-order valence-corrected chi connectivity index (χ1v) is 12.4. The minimum absolute atomic E-state index is 0.0495. The van der Waals surface area contributed by atoms with Gasteiger partial charge in [-0.15, -0.1) is 0 Å². The van der Waals surface area contributed by atoms with E-state index in [0.717, 1.165) is 38.3 Å². The summed E-state index contributed by atoms with van der Waals surface area (Å²) >= 11 is 0. The third-order valence-electron chi connectivity index (χ3n) is 5.32. The number of nitrogens with one attached hydrogen (secondary N) is 2. The molecule has 31 heavy (non-hydrogen) atoms. The first kappa shape index (κ1) is 23.2. The lowest BCUT2D eigenvalue weighted by Gasteiger charge is -2.32. The van der Waals surface area contributed by atoms with Crippen LogP contribution in [-0.2, 0) is 23.1 Å². The first-order chi connectivity index (χ1) is 14.8. The maximum Gasteiger partial charge on any atom is 0.251 e. The van der Waals surface area contributed by atoms with Gasteiger partial charge in [0.05, 0.1) is 5.75 Å². The van der Waals surface area contributed by atoms with Gasteiger partial charge in [0, 0.05) is 50.5 Å². The lowest BCUT2D eigenvalue weighted by atomic mass is 10.1. The molecule has 2 aromatic rings.